The zero-order valence-electron chi connectivity index (χ0n) is 12.4. The summed E-state index contributed by atoms with van der Waals surface area (Å²) in [5.74, 6) is -1.62. The van der Waals surface area contributed by atoms with Crippen molar-refractivity contribution in [2.75, 3.05) is 0 Å². The molecule has 0 aliphatic rings. The van der Waals surface area contributed by atoms with Crippen molar-refractivity contribution in [3.05, 3.63) is 59.7 Å². The molecule has 22 heavy (non-hydrogen) atoms. The van der Waals surface area contributed by atoms with Gasteiger partial charge >= 0.3 is 5.97 Å². The van der Waals surface area contributed by atoms with Gasteiger partial charge in [-0.1, -0.05) is 37.3 Å². The highest BCUT2D eigenvalue weighted by Crippen LogP contribution is 2.26. The maximum Gasteiger partial charge on any atom is 0.334 e. The number of aromatic nitrogens is 2. The van der Waals surface area contributed by atoms with Crippen molar-refractivity contribution >= 4 is 11.9 Å². The minimum Gasteiger partial charge on any atom is -0.479 e. The van der Waals surface area contributed by atoms with E-state index in [2.05, 4.69) is 15.3 Å². The fourth-order valence-electron chi connectivity index (χ4n) is 2.29. The van der Waals surface area contributed by atoms with Gasteiger partial charge < -0.3 is 10.4 Å². The number of benzene rings is 1. The van der Waals surface area contributed by atoms with Gasteiger partial charge in [-0.15, -0.1) is 0 Å². The Morgan fingerprint density at radius 1 is 1.27 bits per heavy atom. The predicted molar refractivity (Wildman–Crippen MR) is 80.3 cm³/mol. The van der Waals surface area contributed by atoms with Crippen LogP contribution in [0.1, 0.15) is 35.0 Å². The smallest absolute Gasteiger partial charge is 0.334 e. The molecule has 2 rings (SSSR count). The Kier molecular flexibility index (Phi) is 4.50. The molecular formula is C16H17N3O3. The van der Waals surface area contributed by atoms with E-state index in [1.807, 2.05) is 0 Å². The van der Waals surface area contributed by atoms with Gasteiger partial charge in [-0.05, 0) is 18.9 Å². The zero-order valence-corrected chi connectivity index (χ0v) is 12.4. The first-order valence-corrected chi connectivity index (χ1v) is 6.89. The molecule has 1 aromatic heterocycles. The number of aryl methyl sites for hydroxylation is 1. The molecule has 6 nitrogen and oxygen atoms in total. The number of nitrogens with one attached hydrogen (secondary N) is 1. The lowest BCUT2D eigenvalue weighted by Gasteiger charge is -2.30. The molecule has 6 heteroatoms. The normalized spacial score (nSPS) is 13.2. The Morgan fingerprint density at radius 3 is 2.50 bits per heavy atom. The average Bonchev–Trinajstić information content (AvgIpc) is 2.53. The monoisotopic (exact) mass is 299 g/mol. The Labute approximate surface area is 128 Å². The van der Waals surface area contributed by atoms with Crippen LogP contribution in [0.2, 0.25) is 0 Å². The summed E-state index contributed by atoms with van der Waals surface area (Å²) in [6, 6.07) is 8.65. The van der Waals surface area contributed by atoms with Crippen molar-refractivity contribution in [2.45, 2.75) is 25.8 Å². The van der Waals surface area contributed by atoms with Crippen LogP contribution in [0.4, 0.5) is 0 Å². The lowest BCUT2D eigenvalue weighted by atomic mass is 9.87. The van der Waals surface area contributed by atoms with Crippen molar-refractivity contribution < 1.29 is 14.7 Å². The van der Waals surface area contributed by atoms with Gasteiger partial charge in [0.15, 0.2) is 5.54 Å². The van der Waals surface area contributed by atoms with Gasteiger partial charge in [0, 0.05) is 6.20 Å². The minimum absolute atomic E-state index is 0.213. The largest absolute Gasteiger partial charge is 0.479 e. The highest BCUT2D eigenvalue weighted by molar-refractivity contribution is 5.98. The maximum atomic E-state index is 12.5. The van der Waals surface area contributed by atoms with Crippen LogP contribution in [0.25, 0.3) is 0 Å². The molecule has 1 atom stereocenters. The summed E-state index contributed by atoms with van der Waals surface area (Å²) in [5.41, 5.74) is -0.206. The van der Waals surface area contributed by atoms with Crippen LogP contribution >= 0.6 is 0 Å². The van der Waals surface area contributed by atoms with Gasteiger partial charge in [-0.3, -0.25) is 4.79 Å². The topological polar surface area (TPSA) is 92.2 Å². The van der Waals surface area contributed by atoms with Crippen LogP contribution in [0, 0.1) is 6.92 Å². The first kappa shape index (κ1) is 15.6. The van der Waals surface area contributed by atoms with Crippen molar-refractivity contribution in [3.63, 3.8) is 0 Å². The standard InChI is InChI=1S/C16H17N3O3/c1-3-16(15(21)22,12-7-5-4-6-8-12)19-14(20)13-9-17-10-18-11(13)2/h4-10H,3H2,1-2H3,(H,19,20)(H,21,22). The predicted octanol–water partition coefficient (Wildman–Crippen LogP) is 1.90. The SMILES string of the molecule is CCC(NC(=O)c1cncnc1C)(C(=O)O)c1ccccc1. The minimum atomic E-state index is -1.49. The highest BCUT2D eigenvalue weighted by atomic mass is 16.4. The Hall–Kier alpha value is -2.76. The number of carbonyl (C=O) groups excluding carboxylic acids is 1. The van der Waals surface area contributed by atoms with E-state index < -0.39 is 17.4 Å². The molecule has 0 radical (unpaired) electrons. The first-order chi connectivity index (χ1) is 10.5. The van der Waals surface area contributed by atoms with Gasteiger partial charge in [-0.2, -0.15) is 0 Å². The van der Waals surface area contributed by atoms with Gasteiger partial charge in [0.05, 0.1) is 11.3 Å². The third-order valence-corrected chi connectivity index (χ3v) is 3.65. The summed E-state index contributed by atoms with van der Waals surface area (Å²) in [6.07, 6.45) is 2.93. The molecule has 0 spiro atoms. The summed E-state index contributed by atoms with van der Waals surface area (Å²) >= 11 is 0. The van der Waals surface area contributed by atoms with E-state index in [-0.39, 0.29) is 12.0 Å². The van der Waals surface area contributed by atoms with Gasteiger partial charge in [0.2, 0.25) is 0 Å². The Balaban J connectivity index is 2.42. The molecule has 0 aliphatic heterocycles. The van der Waals surface area contributed by atoms with E-state index in [9.17, 15) is 14.7 Å². The van der Waals surface area contributed by atoms with Crippen LogP contribution in [0.5, 0.6) is 0 Å². The Bertz CT molecular complexity index is 688. The number of rotatable bonds is 5. The second-order valence-electron chi connectivity index (χ2n) is 4.91. The molecule has 0 bridgehead atoms. The molecule has 1 heterocycles. The quantitative estimate of drug-likeness (QED) is 0.879. The lowest BCUT2D eigenvalue weighted by molar-refractivity contribution is -0.145. The van der Waals surface area contributed by atoms with Crippen molar-refractivity contribution in [1.82, 2.24) is 15.3 Å². The van der Waals surface area contributed by atoms with Crippen molar-refractivity contribution in [1.29, 1.82) is 0 Å². The number of hydrogen-bond donors (Lipinski definition) is 2. The van der Waals surface area contributed by atoms with E-state index in [1.165, 1.54) is 12.5 Å². The van der Waals surface area contributed by atoms with E-state index in [1.54, 1.807) is 44.2 Å². The molecule has 2 aromatic rings. The summed E-state index contributed by atoms with van der Waals surface area (Å²) in [4.78, 5) is 32.1. The van der Waals surface area contributed by atoms with E-state index >= 15 is 0 Å². The molecule has 0 fully saturated rings. The fraction of sp³-hybridized carbons (Fsp3) is 0.250. The molecule has 1 amide bonds. The zero-order chi connectivity index (χ0) is 16.2. The van der Waals surface area contributed by atoms with Crippen molar-refractivity contribution in [3.8, 4) is 0 Å². The first-order valence-electron chi connectivity index (χ1n) is 6.89. The molecule has 114 valence electrons. The average molecular weight is 299 g/mol. The Morgan fingerprint density at radius 2 is 1.95 bits per heavy atom. The van der Waals surface area contributed by atoms with Crippen LogP contribution in [0.3, 0.4) is 0 Å². The number of amides is 1. The highest BCUT2D eigenvalue weighted by Gasteiger charge is 2.40. The number of hydrogen-bond acceptors (Lipinski definition) is 4. The molecule has 1 unspecified atom stereocenters. The summed E-state index contributed by atoms with van der Waals surface area (Å²) in [5, 5.41) is 12.3. The molecule has 0 aliphatic carbocycles. The van der Waals surface area contributed by atoms with Crippen LogP contribution in [0.15, 0.2) is 42.9 Å². The lowest BCUT2D eigenvalue weighted by Crippen LogP contribution is -2.51. The molecule has 1 aromatic carbocycles. The number of carboxylic acids is 1. The second kappa shape index (κ2) is 6.34. The van der Waals surface area contributed by atoms with Gasteiger partial charge in [0.1, 0.15) is 6.33 Å². The number of aliphatic carboxylic acids is 1. The van der Waals surface area contributed by atoms with Crippen molar-refractivity contribution in [2.24, 2.45) is 0 Å². The van der Waals surface area contributed by atoms with Gasteiger partial charge in [0.25, 0.3) is 5.91 Å². The van der Waals surface area contributed by atoms with Crippen LogP contribution in [-0.2, 0) is 10.3 Å². The second-order valence-corrected chi connectivity index (χ2v) is 4.91. The molecular weight excluding hydrogens is 282 g/mol. The number of nitrogens with zero attached hydrogens (tertiary/aromatic N) is 2. The fourth-order valence-corrected chi connectivity index (χ4v) is 2.29. The van der Waals surface area contributed by atoms with Crippen LogP contribution < -0.4 is 5.32 Å². The number of carboxylic acid groups (broad SMARTS) is 1. The number of carbonyl (C=O) groups is 2. The van der Waals surface area contributed by atoms with Gasteiger partial charge in [-0.25, -0.2) is 14.8 Å². The third kappa shape index (κ3) is 2.81. The summed E-state index contributed by atoms with van der Waals surface area (Å²) in [7, 11) is 0. The van der Waals surface area contributed by atoms with Crippen LogP contribution in [-0.4, -0.2) is 27.0 Å². The van der Waals surface area contributed by atoms with E-state index in [0.717, 1.165) is 0 Å². The molecule has 0 saturated heterocycles. The maximum absolute atomic E-state index is 12.5. The van der Waals surface area contributed by atoms with E-state index in [4.69, 9.17) is 0 Å². The van der Waals surface area contributed by atoms with E-state index in [0.29, 0.717) is 11.3 Å². The third-order valence-electron chi connectivity index (χ3n) is 3.65. The molecule has 2 N–H and O–H groups in total. The molecule has 0 saturated carbocycles. The summed E-state index contributed by atoms with van der Waals surface area (Å²) < 4.78 is 0. The summed E-state index contributed by atoms with van der Waals surface area (Å²) in [6.45, 7) is 3.39.